The van der Waals surface area contributed by atoms with E-state index in [2.05, 4.69) is 17.6 Å². The SMILES string of the molecule is COc1cc(C(=O)NN=C2CC[NH+](C)CC2)cc(OC)c1OC. The van der Waals surface area contributed by atoms with Crippen LogP contribution < -0.4 is 24.5 Å². The molecular weight excluding hydrogens is 298 g/mol. The number of carbonyl (C=O) groups excluding carboxylic acids is 1. The number of rotatable bonds is 5. The third kappa shape index (κ3) is 4.13. The second-order valence-corrected chi connectivity index (χ2v) is 5.49. The van der Waals surface area contributed by atoms with Crippen LogP contribution in [0.4, 0.5) is 0 Å². The van der Waals surface area contributed by atoms with Gasteiger partial charge in [-0.05, 0) is 12.1 Å². The molecule has 1 amide bonds. The maximum atomic E-state index is 12.3. The van der Waals surface area contributed by atoms with Crippen LogP contribution in [0.15, 0.2) is 17.2 Å². The fourth-order valence-electron chi connectivity index (χ4n) is 2.48. The molecule has 2 rings (SSSR count). The largest absolute Gasteiger partial charge is 0.493 e. The molecule has 7 nitrogen and oxygen atoms in total. The van der Waals surface area contributed by atoms with Crippen molar-refractivity contribution in [1.82, 2.24) is 5.43 Å². The highest BCUT2D eigenvalue weighted by Gasteiger charge is 2.18. The molecule has 1 aliphatic rings. The Kier molecular flexibility index (Phi) is 5.81. The zero-order valence-electron chi connectivity index (χ0n) is 14.1. The van der Waals surface area contributed by atoms with E-state index in [-0.39, 0.29) is 5.91 Å². The molecule has 1 aromatic carbocycles. The highest BCUT2D eigenvalue weighted by atomic mass is 16.5. The molecule has 7 heteroatoms. The van der Waals surface area contributed by atoms with Gasteiger partial charge < -0.3 is 19.1 Å². The molecule has 1 heterocycles. The predicted molar refractivity (Wildman–Crippen MR) is 86.9 cm³/mol. The van der Waals surface area contributed by atoms with Crippen LogP contribution in [0.2, 0.25) is 0 Å². The first kappa shape index (κ1) is 17.1. The molecule has 0 radical (unpaired) electrons. The molecular formula is C16H24N3O4+. The number of ether oxygens (including phenoxy) is 3. The number of likely N-dealkylation sites (tertiary alicyclic amines) is 1. The highest BCUT2D eigenvalue weighted by Crippen LogP contribution is 2.38. The third-order valence-corrected chi connectivity index (χ3v) is 3.92. The van der Waals surface area contributed by atoms with Crippen molar-refractivity contribution < 1.29 is 23.9 Å². The Balaban J connectivity index is 2.14. The van der Waals surface area contributed by atoms with E-state index in [0.29, 0.717) is 22.8 Å². The van der Waals surface area contributed by atoms with Gasteiger partial charge in [0, 0.05) is 24.1 Å². The first-order valence-corrected chi connectivity index (χ1v) is 7.56. The van der Waals surface area contributed by atoms with Gasteiger partial charge in [-0.2, -0.15) is 5.10 Å². The average Bonchev–Trinajstić information content (AvgIpc) is 2.59. The maximum Gasteiger partial charge on any atom is 0.271 e. The van der Waals surface area contributed by atoms with Crippen LogP contribution in [0.1, 0.15) is 23.2 Å². The van der Waals surface area contributed by atoms with E-state index < -0.39 is 0 Å². The normalized spacial score (nSPS) is 17.4. The summed E-state index contributed by atoms with van der Waals surface area (Å²) < 4.78 is 15.8. The molecule has 0 unspecified atom stereocenters. The Bertz CT molecular complexity index is 566. The lowest BCUT2D eigenvalue weighted by molar-refractivity contribution is -0.880. The Hall–Kier alpha value is -2.28. The topological polar surface area (TPSA) is 73.6 Å². The van der Waals surface area contributed by atoms with E-state index in [4.69, 9.17) is 14.2 Å². The number of nitrogens with zero attached hydrogens (tertiary/aromatic N) is 1. The number of quaternary nitrogens is 1. The van der Waals surface area contributed by atoms with Gasteiger partial charge in [0.1, 0.15) is 0 Å². The van der Waals surface area contributed by atoms with Gasteiger partial charge in [-0.3, -0.25) is 4.79 Å². The van der Waals surface area contributed by atoms with Crippen LogP contribution in [0.3, 0.4) is 0 Å². The fourth-order valence-corrected chi connectivity index (χ4v) is 2.48. The summed E-state index contributed by atoms with van der Waals surface area (Å²) in [4.78, 5) is 13.8. The van der Waals surface area contributed by atoms with Gasteiger partial charge in [0.25, 0.3) is 5.91 Å². The van der Waals surface area contributed by atoms with E-state index in [1.54, 1.807) is 12.1 Å². The number of carbonyl (C=O) groups is 1. The number of benzene rings is 1. The zero-order valence-corrected chi connectivity index (χ0v) is 14.1. The van der Waals surface area contributed by atoms with Crippen LogP contribution in [0.5, 0.6) is 17.2 Å². The number of hydrazone groups is 1. The molecule has 0 spiro atoms. The third-order valence-electron chi connectivity index (χ3n) is 3.92. The maximum absolute atomic E-state index is 12.3. The summed E-state index contributed by atoms with van der Waals surface area (Å²) in [6.07, 6.45) is 1.81. The molecule has 1 aromatic rings. The molecule has 0 aliphatic carbocycles. The monoisotopic (exact) mass is 322 g/mol. The van der Waals surface area contributed by atoms with E-state index in [1.165, 1.54) is 26.2 Å². The summed E-state index contributed by atoms with van der Waals surface area (Å²) in [5, 5.41) is 4.24. The van der Waals surface area contributed by atoms with Crippen molar-refractivity contribution in [3.63, 3.8) is 0 Å². The summed E-state index contributed by atoms with van der Waals surface area (Å²) >= 11 is 0. The number of nitrogens with one attached hydrogen (secondary N) is 2. The van der Waals surface area contributed by atoms with Crippen LogP contribution in [0.25, 0.3) is 0 Å². The van der Waals surface area contributed by atoms with Crippen LogP contribution >= 0.6 is 0 Å². The minimum absolute atomic E-state index is 0.303. The number of piperidine rings is 1. The van der Waals surface area contributed by atoms with Crippen LogP contribution in [0, 0.1) is 0 Å². The standard InChI is InChI=1S/C16H23N3O4/c1-19-7-5-12(6-8-19)17-18-16(20)11-9-13(21-2)15(23-4)14(10-11)22-3/h9-10H,5-8H2,1-4H3,(H,18,20)/p+1. The Morgan fingerprint density at radius 1 is 1.09 bits per heavy atom. The van der Waals surface area contributed by atoms with E-state index >= 15 is 0 Å². The minimum atomic E-state index is -0.303. The molecule has 0 aromatic heterocycles. The van der Waals surface area contributed by atoms with Crippen molar-refractivity contribution in [2.45, 2.75) is 12.8 Å². The molecule has 0 saturated carbocycles. The Morgan fingerprint density at radius 3 is 2.13 bits per heavy atom. The fraction of sp³-hybridized carbons (Fsp3) is 0.500. The van der Waals surface area contributed by atoms with Crippen molar-refractivity contribution in [3.05, 3.63) is 17.7 Å². The summed E-state index contributed by atoms with van der Waals surface area (Å²) in [6.45, 7) is 2.08. The second-order valence-electron chi connectivity index (χ2n) is 5.49. The summed E-state index contributed by atoms with van der Waals surface area (Å²) in [6, 6.07) is 3.21. The van der Waals surface area contributed by atoms with E-state index in [9.17, 15) is 4.79 Å². The quantitative estimate of drug-likeness (QED) is 0.755. The van der Waals surface area contributed by atoms with Crippen LogP contribution in [-0.4, -0.2) is 53.1 Å². The molecule has 126 valence electrons. The van der Waals surface area contributed by atoms with Gasteiger partial charge in [-0.1, -0.05) is 0 Å². The number of methoxy groups -OCH3 is 3. The van der Waals surface area contributed by atoms with Gasteiger partial charge in [0.2, 0.25) is 5.75 Å². The van der Waals surface area contributed by atoms with Crippen molar-refractivity contribution in [2.24, 2.45) is 5.10 Å². The lowest BCUT2D eigenvalue weighted by Gasteiger charge is -2.20. The van der Waals surface area contributed by atoms with Gasteiger partial charge in [0.15, 0.2) is 11.5 Å². The smallest absolute Gasteiger partial charge is 0.271 e. The second kappa shape index (κ2) is 7.82. The molecule has 0 bridgehead atoms. The number of hydrogen-bond acceptors (Lipinski definition) is 5. The molecule has 1 aliphatic heterocycles. The molecule has 23 heavy (non-hydrogen) atoms. The Morgan fingerprint density at radius 2 is 1.65 bits per heavy atom. The van der Waals surface area contributed by atoms with Gasteiger partial charge >= 0.3 is 0 Å². The van der Waals surface area contributed by atoms with Gasteiger partial charge in [0.05, 0.1) is 41.5 Å². The van der Waals surface area contributed by atoms with Crippen molar-refractivity contribution in [1.29, 1.82) is 0 Å². The van der Waals surface area contributed by atoms with E-state index in [1.807, 2.05) is 0 Å². The van der Waals surface area contributed by atoms with Crippen molar-refractivity contribution in [2.75, 3.05) is 41.5 Å². The molecule has 1 fully saturated rings. The highest BCUT2D eigenvalue weighted by molar-refractivity contribution is 5.96. The van der Waals surface area contributed by atoms with E-state index in [0.717, 1.165) is 31.6 Å². The minimum Gasteiger partial charge on any atom is -0.493 e. The number of amides is 1. The molecule has 2 N–H and O–H groups in total. The Labute approximate surface area is 136 Å². The summed E-state index contributed by atoms with van der Waals surface area (Å²) in [5.41, 5.74) is 4.04. The molecule has 1 saturated heterocycles. The summed E-state index contributed by atoms with van der Waals surface area (Å²) in [5.74, 6) is 1.03. The first-order chi connectivity index (χ1) is 11.1. The molecule has 0 atom stereocenters. The summed E-state index contributed by atoms with van der Waals surface area (Å²) in [7, 11) is 6.71. The van der Waals surface area contributed by atoms with Crippen molar-refractivity contribution in [3.8, 4) is 17.2 Å². The lowest BCUT2D eigenvalue weighted by Crippen LogP contribution is -3.10. The first-order valence-electron chi connectivity index (χ1n) is 7.56. The van der Waals surface area contributed by atoms with Crippen LogP contribution in [-0.2, 0) is 0 Å². The zero-order chi connectivity index (χ0) is 16.8. The number of hydrogen-bond donors (Lipinski definition) is 2. The van der Waals surface area contributed by atoms with Crippen molar-refractivity contribution >= 4 is 11.6 Å². The lowest BCUT2D eigenvalue weighted by atomic mass is 10.1. The van der Waals surface area contributed by atoms with Gasteiger partial charge in [-0.25, -0.2) is 5.43 Å². The average molecular weight is 322 g/mol. The predicted octanol–water partition coefficient (Wildman–Crippen LogP) is 0.107. The van der Waals surface area contributed by atoms with Gasteiger partial charge in [-0.15, -0.1) is 0 Å².